The highest BCUT2D eigenvalue weighted by molar-refractivity contribution is 6.91. The topological polar surface area (TPSA) is 209 Å². The molecule has 1 unspecified atom stereocenters. The quantitative estimate of drug-likeness (QED) is 0.0937. The van der Waals surface area contributed by atoms with Crippen molar-refractivity contribution in [2.75, 3.05) is 23.9 Å². The van der Waals surface area contributed by atoms with Gasteiger partial charge in [0.15, 0.2) is 18.0 Å². The predicted molar refractivity (Wildman–Crippen MR) is 236 cm³/mol. The van der Waals surface area contributed by atoms with Crippen molar-refractivity contribution >= 4 is 48.1 Å². The molecule has 0 saturated carbocycles. The van der Waals surface area contributed by atoms with E-state index in [1.54, 1.807) is 47.0 Å². The third-order valence-corrected chi connectivity index (χ3v) is 17.7. The Labute approximate surface area is 370 Å². The van der Waals surface area contributed by atoms with Crippen molar-refractivity contribution in [2.24, 2.45) is 5.92 Å². The number of carbonyl (C=O) groups excluding carboxylic acids is 2. The summed E-state index contributed by atoms with van der Waals surface area (Å²) in [5.74, 6) is -0.909. The molecule has 5 aromatic rings. The molecular weight excluding hydrogens is 846 g/mol. The first-order valence-corrected chi connectivity index (χ1v) is 24.4. The molecule has 15 nitrogen and oxygen atoms in total. The van der Waals surface area contributed by atoms with Gasteiger partial charge in [-0.2, -0.15) is 0 Å². The summed E-state index contributed by atoms with van der Waals surface area (Å²) < 4.78 is 19.6. The van der Waals surface area contributed by atoms with Crippen molar-refractivity contribution in [3.8, 4) is 5.75 Å². The van der Waals surface area contributed by atoms with Crippen LogP contribution in [0.15, 0.2) is 103 Å². The number of anilines is 2. The van der Waals surface area contributed by atoms with E-state index in [1.165, 1.54) is 5.19 Å². The fourth-order valence-electron chi connectivity index (χ4n) is 9.78. The minimum atomic E-state index is -2.47. The van der Waals surface area contributed by atoms with Gasteiger partial charge in [0.25, 0.3) is 11.8 Å². The summed E-state index contributed by atoms with van der Waals surface area (Å²) in [6.45, 7) is 7.24. The first-order chi connectivity index (χ1) is 30.2. The lowest BCUT2D eigenvalue weighted by atomic mass is 9.82. The summed E-state index contributed by atoms with van der Waals surface area (Å²) in [5.41, 5.74) is 2.62. The molecule has 0 aliphatic carbocycles. The molecule has 1 spiro atoms. The van der Waals surface area contributed by atoms with E-state index in [0.717, 1.165) is 16.9 Å². The maximum atomic E-state index is 15.3. The molecule has 6 N–H and O–H groups in total. The molecule has 0 bridgehead atoms. The lowest BCUT2D eigenvalue weighted by Gasteiger charge is -2.37. The molecule has 4 aromatic carbocycles. The number of carbonyl (C=O) groups is 2. The van der Waals surface area contributed by atoms with E-state index in [2.05, 4.69) is 47.8 Å². The summed E-state index contributed by atoms with van der Waals surface area (Å²) in [7, 11) is -0.833. The number of hydrogen-bond donors (Lipinski definition) is 6. The van der Waals surface area contributed by atoms with Crippen LogP contribution < -0.4 is 20.1 Å². The highest BCUT2D eigenvalue weighted by atomic mass is 35.5. The maximum absolute atomic E-state index is 15.3. The number of aliphatic hydroxyl groups excluding tert-OH is 5. The van der Waals surface area contributed by atoms with Crippen LogP contribution in [-0.4, -0.2) is 111 Å². The highest BCUT2D eigenvalue weighted by Gasteiger charge is 2.66. The monoisotopic (exact) mass is 897 g/mol. The molecule has 2 amide bonds. The fourth-order valence-corrected chi connectivity index (χ4v) is 14.0. The number of amides is 2. The molecule has 3 aliphatic rings. The smallest absolute Gasteiger partial charge is 0.264 e. The van der Waals surface area contributed by atoms with Gasteiger partial charge in [-0.25, -0.2) is 0 Å². The number of rotatable bonds is 13. The Morgan fingerprint density at radius 1 is 0.968 bits per heavy atom. The van der Waals surface area contributed by atoms with Crippen LogP contribution in [0.5, 0.6) is 5.75 Å². The number of nitrogens with zero attached hydrogens (tertiary/aromatic N) is 4. The third-order valence-electron chi connectivity index (χ3n) is 13.1. The molecule has 4 heterocycles. The van der Waals surface area contributed by atoms with Crippen LogP contribution in [0, 0.1) is 5.92 Å². The summed E-state index contributed by atoms with van der Waals surface area (Å²) in [5, 5.41) is 63.6. The molecule has 0 radical (unpaired) electrons. The van der Waals surface area contributed by atoms with Gasteiger partial charge in [0.05, 0.1) is 51.7 Å². The van der Waals surface area contributed by atoms with Crippen molar-refractivity contribution in [1.82, 2.24) is 15.0 Å². The number of fused-ring (bicyclic) bond motifs is 2. The predicted octanol–water partition coefficient (Wildman–Crippen LogP) is 3.66. The van der Waals surface area contributed by atoms with E-state index in [0.29, 0.717) is 40.6 Å². The summed E-state index contributed by atoms with van der Waals surface area (Å²) in [6, 6.07) is 30.1. The molecule has 63 heavy (non-hydrogen) atoms. The molecule has 10 atom stereocenters. The van der Waals surface area contributed by atoms with E-state index in [4.69, 9.17) is 25.8 Å². The number of benzene rings is 4. The van der Waals surface area contributed by atoms with E-state index in [9.17, 15) is 30.3 Å². The lowest BCUT2D eigenvalue weighted by molar-refractivity contribution is -0.274. The third kappa shape index (κ3) is 8.20. The minimum absolute atomic E-state index is 0.0563. The molecule has 17 heteroatoms. The average Bonchev–Trinajstić information content (AvgIpc) is 3.94. The molecule has 332 valence electrons. The van der Waals surface area contributed by atoms with Gasteiger partial charge < -0.3 is 50.0 Å². The van der Waals surface area contributed by atoms with Crippen molar-refractivity contribution in [3.63, 3.8) is 0 Å². The minimum Gasteiger partial charge on any atom is -0.497 e. The second kappa shape index (κ2) is 17.9. The number of halogens is 1. The van der Waals surface area contributed by atoms with Crippen LogP contribution in [0.25, 0.3) is 0 Å². The standard InChI is InChI=1S/C46H52ClN5O10Si/c1-26-42(63(3,4)32-17-15-31(60-2)16-18-32)37(20-21-51-24-35(49-50-51)33(25-53)28-8-6-5-7-9-28)62-46(26)34-22-29(47)12-19-36(34)52(45(46)59)23-27-10-13-30(14-11-27)48-43(57)41-39(55)38(54)40(56)44(58)61-41/h5-19,22,24,26,33,37-42,44,53-56,58H,20-21,23,25H2,1-4H3,(H,48,57)/t26-,33?,37+,38-,39-,40+,41-,42-,44+,46+/m0/s1. The Morgan fingerprint density at radius 2 is 1.68 bits per heavy atom. The second-order valence-corrected chi connectivity index (χ2v) is 22.3. The summed E-state index contributed by atoms with van der Waals surface area (Å²) in [4.78, 5) is 30.0. The van der Waals surface area contributed by atoms with E-state index < -0.39 is 50.3 Å². The van der Waals surface area contributed by atoms with E-state index in [-0.39, 0.29) is 42.5 Å². The average molecular weight is 898 g/mol. The zero-order valence-electron chi connectivity index (χ0n) is 35.3. The van der Waals surface area contributed by atoms with Gasteiger partial charge in [0.1, 0.15) is 24.1 Å². The first-order valence-electron chi connectivity index (χ1n) is 21.0. The Kier molecular flexibility index (Phi) is 12.6. The highest BCUT2D eigenvalue weighted by Crippen LogP contribution is 2.60. The second-order valence-electron chi connectivity index (χ2n) is 17.2. The van der Waals surface area contributed by atoms with Crippen LogP contribution in [0.3, 0.4) is 0 Å². The van der Waals surface area contributed by atoms with Crippen molar-refractivity contribution < 1.29 is 49.3 Å². The van der Waals surface area contributed by atoms with Gasteiger partial charge in [-0.15, -0.1) is 5.10 Å². The van der Waals surface area contributed by atoms with Gasteiger partial charge in [0, 0.05) is 34.9 Å². The van der Waals surface area contributed by atoms with Crippen LogP contribution in [-0.2, 0) is 37.8 Å². The van der Waals surface area contributed by atoms with Gasteiger partial charge >= 0.3 is 0 Å². The van der Waals surface area contributed by atoms with E-state index >= 15 is 4.79 Å². The molecule has 2 fully saturated rings. The van der Waals surface area contributed by atoms with Gasteiger partial charge in [-0.3, -0.25) is 14.3 Å². The number of aromatic nitrogens is 3. The zero-order valence-corrected chi connectivity index (χ0v) is 37.0. The number of nitrogens with one attached hydrogen (secondary N) is 1. The van der Waals surface area contributed by atoms with Crippen LogP contribution in [0.1, 0.15) is 41.6 Å². The fraction of sp³-hybridized carbons (Fsp3) is 0.391. The van der Waals surface area contributed by atoms with Crippen LogP contribution >= 0.6 is 11.6 Å². The normalized spacial score (nSPS) is 27.4. The molecular formula is C46H52ClN5O10Si. The van der Waals surface area contributed by atoms with Gasteiger partial charge in [-0.1, -0.05) is 96.6 Å². The van der Waals surface area contributed by atoms with Gasteiger partial charge in [-0.05, 0) is 65.6 Å². The number of ether oxygens (including phenoxy) is 3. The Hall–Kier alpha value is -5.01. The number of methoxy groups -OCH3 is 1. The summed E-state index contributed by atoms with van der Waals surface area (Å²) >= 11 is 6.72. The lowest BCUT2D eigenvalue weighted by Crippen LogP contribution is -2.60. The number of hydrogen-bond acceptors (Lipinski definition) is 12. The van der Waals surface area contributed by atoms with Crippen molar-refractivity contribution in [2.45, 2.75) is 93.4 Å². The van der Waals surface area contributed by atoms with Crippen LogP contribution in [0.2, 0.25) is 23.7 Å². The first kappa shape index (κ1) is 44.6. The largest absolute Gasteiger partial charge is 0.497 e. The molecule has 3 aliphatic heterocycles. The summed E-state index contributed by atoms with van der Waals surface area (Å²) in [6.07, 6.45) is -6.81. The van der Waals surface area contributed by atoms with Crippen molar-refractivity contribution in [1.29, 1.82) is 0 Å². The zero-order chi connectivity index (χ0) is 44.8. The molecule has 8 rings (SSSR count). The molecule has 1 aromatic heterocycles. The van der Waals surface area contributed by atoms with Crippen molar-refractivity contribution in [3.05, 3.63) is 131 Å². The maximum Gasteiger partial charge on any atom is 0.264 e. The SMILES string of the molecule is COc1ccc([Si](C)(C)[C@@H]2[C@@H](CCn3cc(C(CO)c4ccccc4)nn3)O[C@]3(C(=O)N(Cc4ccc(NC(=O)[C@H]5O[C@@H](O)[C@H](O)[C@@H](O)[C@@H]5O)cc4)c4ccc(Cl)cc43)[C@H]2C)cc1. The van der Waals surface area contributed by atoms with Crippen LogP contribution in [0.4, 0.5) is 11.4 Å². The van der Waals surface area contributed by atoms with Gasteiger partial charge in [0.2, 0.25) is 0 Å². The van der Waals surface area contributed by atoms with E-state index in [1.807, 2.05) is 60.8 Å². The Balaban J connectivity index is 1.07. The number of aryl methyl sites for hydroxylation is 1. The Morgan fingerprint density at radius 3 is 2.37 bits per heavy atom. The Bertz CT molecular complexity index is 2420. The number of aliphatic hydroxyl groups is 5. The molecule has 2 saturated heterocycles.